The number of fused-ring (bicyclic) bond motifs is 1. The number of hydrogen-bond donors (Lipinski definition) is 1. The fraction of sp³-hybridized carbons (Fsp3) is 0.312. The lowest BCUT2D eigenvalue weighted by Crippen LogP contribution is -2.48. The van der Waals surface area contributed by atoms with E-state index in [0.717, 1.165) is 11.1 Å². The van der Waals surface area contributed by atoms with Crippen LogP contribution >= 0.6 is 11.6 Å². The topological polar surface area (TPSA) is 102 Å². The molecule has 0 bridgehead atoms. The summed E-state index contributed by atoms with van der Waals surface area (Å²) in [6.07, 6.45) is 0.460. The highest BCUT2D eigenvalue weighted by Gasteiger charge is 2.37. The van der Waals surface area contributed by atoms with Crippen LogP contribution in [-0.4, -0.2) is 57.3 Å². The maximum Gasteiger partial charge on any atom is 0.261 e. The molecule has 8 nitrogen and oxygen atoms in total. The van der Waals surface area contributed by atoms with Crippen molar-refractivity contribution in [3.63, 3.8) is 0 Å². The fourth-order valence-electron chi connectivity index (χ4n) is 4.90. The van der Waals surface area contributed by atoms with Crippen molar-refractivity contribution >= 4 is 34.3 Å². The van der Waals surface area contributed by atoms with Crippen LogP contribution in [0.15, 0.2) is 77.6 Å². The summed E-state index contributed by atoms with van der Waals surface area (Å²) < 4.78 is 1.51. The number of likely N-dealkylation sites (N-methyl/N-ethyl adjacent to an activating group) is 1. The first-order valence-corrected chi connectivity index (χ1v) is 14.3. The second-order valence-electron chi connectivity index (χ2n) is 9.93. The Labute approximate surface area is 245 Å². The van der Waals surface area contributed by atoms with E-state index in [1.165, 1.54) is 9.47 Å². The maximum atomic E-state index is 14.3. The molecule has 2 N–H and O–H groups in total. The standard InChI is InChI=1S/C32H36ClN5O3/c1-4-36(5-2)32(41)28(37(19-9-18-34)30(39)24-14-12-22(3)13-15-24)29-35-27-20-25(33)16-17-26(27)31(40)38(29)21-23-10-7-6-8-11-23/h6-8,10-17,20,28H,4-5,9,18-19,21,34H2,1-3H3. The van der Waals surface area contributed by atoms with Gasteiger partial charge in [0.25, 0.3) is 17.4 Å². The van der Waals surface area contributed by atoms with E-state index in [-0.39, 0.29) is 36.3 Å². The van der Waals surface area contributed by atoms with E-state index >= 15 is 0 Å². The van der Waals surface area contributed by atoms with Gasteiger partial charge in [-0.3, -0.25) is 19.0 Å². The Bertz CT molecular complexity index is 1570. The van der Waals surface area contributed by atoms with Gasteiger partial charge in [-0.15, -0.1) is 0 Å². The fourth-order valence-corrected chi connectivity index (χ4v) is 5.07. The van der Waals surface area contributed by atoms with Gasteiger partial charge < -0.3 is 15.5 Å². The van der Waals surface area contributed by atoms with Gasteiger partial charge >= 0.3 is 0 Å². The third-order valence-corrected chi connectivity index (χ3v) is 7.39. The minimum absolute atomic E-state index is 0.173. The lowest BCUT2D eigenvalue weighted by atomic mass is 10.1. The summed E-state index contributed by atoms with van der Waals surface area (Å²) >= 11 is 6.30. The van der Waals surface area contributed by atoms with Crippen LogP contribution in [0.1, 0.15) is 53.6 Å². The quantitative estimate of drug-likeness (QED) is 0.277. The van der Waals surface area contributed by atoms with E-state index in [9.17, 15) is 14.4 Å². The van der Waals surface area contributed by atoms with E-state index in [1.54, 1.807) is 35.2 Å². The first-order chi connectivity index (χ1) is 19.8. The summed E-state index contributed by atoms with van der Waals surface area (Å²) in [6.45, 7) is 7.27. The molecule has 0 aliphatic carbocycles. The van der Waals surface area contributed by atoms with Crippen molar-refractivity contribution in [1.29, 1.82) is 0 Å². The van der Waals surface area contributed by atoms with Gasteiger partial charge in [-0.25, -0.2) is 4.98 Å². The Morgan fingerprint density at radius 3 is 2.32 bits per heavy atom. The molecule has 0 fully saturated rings. The van der Waals surface area contributed by atoms with Gasteiger partial charge in [-0.1, -0.05) is 59.6 Å². The van der Waals surface area contributed by atoms with E-state index in [4.69, 9.17) is 22.3 Å². The van der Waals surface area contributed by atoms with Crippen molar-refractivity contribution in [2.75, 3.05) is 26.2 Å². The molecule has 1 heterocycles. The third kappa shape index (κ3) is 6.66. The molecular formula is C32H36ClN5O3. The molecular weight excluding hydrogens is 538 g/mol. The molecule has 41 heavy (non-hydrogen) atoms. The van der Waals surface area contributed by atoms with Crippen LogP contribution < -0.4 is 11.3 Å². The van der Waals surface area contributed by atoms with Gasteiger partial charge in [-0.05, 0) is 69.6 Å². The van der Waals surface area contributed by atoms with Crippen LogP contribution in [0.3, 0.4) is 0 Å². The Kier molecular flexibility index (Phi) is 9.91. The number of aryl methyl sites for hydroxylation is 1. The van der Waals surface area contributed by atoms with Crippen LogP contribution in [0.2, 0.25) is 5.02 Å². The monoisotopic (exact) mass is 573 g/mol. The first-order valence-electron chi connectivity index (χ1n) is 13.9. The summed E-state index contributed by atoms with van der Waals surface area (Å²) in [5.74, 6) is -0.471. The zero-order valence-corrected chi connectivity index (χ0v) is 24.5. The van der Waals surface area contributed by atoms with Crippen molar-refractivity contribution < 1.29 is 9.59 Å². The SMILES string of the molecule is CCN(CC)C(=O)C(c1nc2cc(Cl)ccc2c(=O)n1Cc1ccccc1)N(CCCN)C(=O)c1ccc(C)cc1. The van der Waals surface area contributed by atoms with E-state index in [1.807, 2.05) is 63.2 Å². The highest BCUT2D eigenvalue weighted by atomic mass is 35.5. The highest BCUT2D eigenvalue weighted by molar-refractivity contribution is 6.31. The Hall–Kier alpha value is -4.01. The van der Waals surface area contributed by atoms with Gasteiger partial charge in [0.2, 0.25) is 0 Å². The number of amides is 2. The summed E-state index contributed by atoms with van der Waals surface area (Å²) in [5.41, 5.74) is 8.24. The normalized spacial score (nSPS) is 11.8. The van der Waals surface area contributed by atoms with Crippen molar-refractivity contribution in [2.24, 2.45) is 5.73 Å². The van der Waals surface area contributed by atoms with Gasteiger partial charge in [0.05, 0.1) is 17.4 Å². The zero-order chi connectivity index (χ0) is 29.5. The second-order valence-corrected chi connectivity index (χ2v) is 10.4. The predicted molar refractivity (Wildman–Crippen MR) is 163 cm³/mol. The van der Waals surface area contributed by atoms with Crippen LogP contribution in [-0.2, 0) is 11.3 Å². The minimum atomic E-state index is -1.17. The molecule has 1 unspecified atom stereocenters. The lowest BCUT2D eigenvalue weighted by molar-refractivity contribution is -0.136. The summed E-state index contributed by atoms with van der Waals surface area (Å²) in [4.78, 5) is 50.6. The molecule has 3 aromatic carbocycles. The number of nitrogens with zero attached hydrogens (tertiary/aromatic N) is 4. The summed E-state index contributed by atoms with van der Waals surface area (Å²) in [7, 11) is 0. The molecule has 0 aliphatic rings. The molecule has 0 aliphatic heterocycles. The molecule has 214 valence electrons. The van der Waals surface area contributed by atoms with E-state index in [2.05, 4.69) is 0 Å². The largest absolute Gasteiger partial charge is 0.341 e. The molecule has 0 radical (unpaired) electrons. The molecule has 4 aromatic rings. The third-order valence-electron chi connectivity index (χ3n) is 7.16. The molecule has 4 rings (SSSR count). The minimum Gasteiger partial charge on any atom is -0.341 e. The lowest BCUT2D eigenvalue weighted by Gasteiger charge is -2.35. The van der Waals surface area contributed by atoms with Crippen molar-refractivity contribution in [3.8, 4) is 0 Å². The van der Waals surface area contributed by atoms with Crippen molar-refractivity contribution in [2.45, 2.75) is 39.8 Å². The van der Waals surface area contributed by atoms with E-state index < -0.39 is 6.04 Å². The Balaban J connectivity index is 2.01. The van der Waals surface area contributed by atoms with Gasteiger partial charge in [0.1, 0.15) is 5.82 Å². The molecule has 1 aromatic heterocycles. The number of benzene rings is 3. The van der Waals surface area contributed by atoms with Gasteiger partial charge in [0.15, 0.2) is 6.04 Å². The number of aromatic nitrogens is 2. The number of halogens is 1. The summed E-state index contributed by atoms with van der Waals surface area (Å²) in [5, 5.41) is 0.792. The Morgan fingerprint density at radius 2 is 1.68 bits per heavy atom. The molecule has 9 heteroatoms. The van der Waals surface area contributed by atoms with Crippen LogP contribution in [0.5, 0.6) is 0 Å². The molecule has 2 amide bonds. The average Bonchev–Trinajstić information content (AvgIpc) is 2.98. The Morgan fingerprint density at radius 1 is 1.00 bits per heavy atom. The molecule has 1 atom stereocenters. The smallest absolute Gasteiger partial charge is 0.261 e. The van der Waals surface area contributed by atoms with Gasteiger partial charge in [-0.2, -0.15) is 0 Å². The van der Waals surface area contributed by atoms with Gasteiger partial charge in [0, 0.05) is 30.2 Å². The van der Waals surface area contributed by atoms with E-state index in [0.29, 0.717) is 47.5 Å². The van der Waals surface area contributed by atoms with Crippen LogP contribution in [0, 0.1) is 6.92 Å². The number of rotatable bonds is 11. The maximum absolute atomic E-state index is 14.3. The van der Waals surface area contributed by atoms with Crippen LogP contribution in [0.25, 0.3) is 10.9 Å². The molecule has 0 spiro atoms. The predicted octanol–water partition coefficient (Wildman–Crippen LogP) is 4.81. The summed E-state index contributed by atoms with van der Waals surface area (Å²) in [6, 6.07) is 20.4. The number of carbonyl (C=O) groups excluding carboxylic acids is 2. The van der Waals surface area contributed by atoms with Crippen molar-refractivity contribution in [3.05, 3.63) is 111 Å². The van der Waals surface area contributed by atoms with Crippen molar-refractivity contribution in [1.82, 2.24) is 19.4 Å². The highest BCUT2D eigenvalue weighted by Crippen LogP contribution is 2.27. The average molecular weight is 574 g/mol. The number of carbonyl (C=O) groups is 2. The van der Waals surface area contributed by atoms with Crippen LogP contribution in [0.4, 0.5) is 0 Å². The zero-order valence-electron chi connectivity index (χ0n) is 23.7. The number of hydrogen-bond acceptors (Lipinski definition) is 5. The number of nitrogens with two attached hydrogens (primary N) is 1. The second kappa shape index (κ2) is 13.6. The molecule has 0 saturated carbocycles. The molecule has 0 saturated heterocycles. The first kappa shape index (κ1) is 30.0.